The Morgan fingerprint density at radius 1 is 1.03 bits per heavy atom. The van der Waals surface area contributed by atoms with Gasteiger partial charge in [-0.2, -0.15) is 13.2 Å². The van der Waals surface area contributed by atoms with Crippen LogP contribution in [-0.2, 0) is 20.5 Å². The number of carbonyl (C=O) groups excluding carboxylic acids is 2. The van der Waals surface area contributed by atoms with Gasteiger partial charge in [0.15, 0.2) is 0 Å². The van der Waals surface area contributed by atoms with Crippen molar-refractivity contribution in [2.45, 2.75) is 20.0 Å². The number of rotatable bonds is 7. The smallest absolute Gasteiger partial charge is 0.416 e. The molecule has 0 aliphatic heterocycles. The first-order chi connectivity index (χ1) is 14.7. The highest BCUT2D eigenvalue weighted by Gasteiger charge is 2.30. The summed E-state index contributed by atoms with van der Waals surface area (Å²) in [6.07, 6.45) is -3.01. The number of oxime groups is 1. The lowest BCUT2D eigenvalue weighted by molar-refractivity contribution is -0.138. The molecule has 0 bridgehead atoms. The van der Waals surface area contributed by atoms with Crippen LogP contribution in [0.3, 0.4) is 0 Å². The lowest BCUT2D eigenvalue weighted by atomic mass is 10.1. The van der Waals surface area contributed by atoms with Crippen LogP contribution in [-0.4, -0.2) is 31.4 Å². The molecule has 0 aliphatic rings. The van der Waals surface area contributed by atoms with E-state index in [1.807, 2.05) is 0 Å². The predicted molar refractivity (Wildman–Crippen MR) is 108 cm³/mol. The Hall–Kier alpha value is -3.62. The molecule has 9 heteroatoms. The number of hydrogen-bond acceptors (Lipinski definition) is 6. The molecule has 0 amide bonds. The Labute approximate surface area is 176 Å². The highest BCUT2D eigenvalue weighted by Crippen LogP contribution is 2.29. The second-order valence-electron chi connectivity index (χ2n) is 6.18. The van der Waals surface area contributed by atoms with Crippen molar-refractivity contribution in [2.24, 2.45) is 5.16 Å². The fourth-order valence-electron chi connectivity index (χ4n) is 2.39. The van der Waals surface area contributed by atoms with Crippen molar-refractivity contribution in [3.05, 3.63) is 70.8 Å². The third kappa shape index (κ3) is 6.70. The van der Waals surface area contributed by atoms with Crippen LogP contribution in [0.25, 0.3) is 6.08 Å². The number of esters is 1. The number of ether oxygens (including phenoxy) is 2. The number of hydrogen-bond donors (Lipinski definition) is 0. The van der Waals surface area contributed by atoms with Gasteiger partial charge in [-0.25, -0.2) is 9.59 Å². The highest BCUT2D eigenvalue weighted by atomic mass is 19.4. The fraction of sp³-hybridized carbons (Fsp3) is 0.227. The number of halogens is 3. The molecule has 0 radical (unpaired) electrons. The summed E-state index contributed by atoms with van der Waals surface area (Å²) >= 11 is 0. The molecule has 2 aromatic carbocycles. The minimum atomic E-state index is -4.52. The Morgan fingerprint density at radius 2 is 1.65 bits per heavy atom. The summed E-state index contributed by atoms with van der Waals surface area (Å²) in [5, 5.41) is 3.66. The van der Waals surface area contributed by atoms with Crippen molar-refractivity contribution in [1.29, 1.82) is 0 Å². The first kappa shape index (κ1) is 23.7. The fourth-order valence-corrected chi connectivity index (χ4v) is 2.39. The molecular formula is C22H20F3NO5. The van der Waals surface area contributed by atoms with Crippen LogP contribution in [0.2, 0.25) is 0 Å². The maximum Gasteiger partial charge on any atom is 0.416 e. The van der Waals surface area contributed by atoms with E-state index in [1.165, 1.54) is 20.1 Å². The van der Waals surface area contributed by atoms with Crippen LogP contribution < -0.4 is 4.74 Å². The molecular weight excluding hydrogens is 415 g/mol. The normalized spacial score (nSPS) is 12.3. The lowest BCUT2D eigenvalue weighted by Gasteiger charge is -2.08. The predicted octanol–water partition coefficient (Wildman–Crippen LogP) is 4.89. The van der Waals surface area contributed by atoms with Gasteiger partial charge >= 0.3 is 18.1 Å². The zero-order valence-corrected chi connectivity index (χ0v) is 17.0. The standard InChI is InChI=1S/C22H20F3NO5/c1-4-30-21(28)19(13-15-5-11-18(29-3)12-6-15)14(2)26-31-20(27)16-7-9-17(10-8-16)22(23,24)25/h5-13H,4H2,1-3H3/b19-13+,26-14+. The van der Waals surface area contributed by atoms with Crippen molar-refractivity contribution in [3.8, 4) is 5.75 Å². The molecule has 0 aliphatic carbocycles. The quantitative estimate of drug-likeness (QED) is 0.203. The van der Waals surface area contributed by atoms with Gasteiger partial charge < -0.3 is 14.3 Å². The van der Waals surface area contributed by atoms with Gasteiger partial charge in [-0.3, -0.25) is 0 Å². The van der Waals surface area contributed by atoms with Gasteiger partial charge in [0.25, 0.3) is 0 Å². The first-order valence-corrected chi connectivity index (χ1v) is 9.12. The summed E-state index contributed by atoms with van der Waals surface area (Å²) in [7, 11) is 1.52. The monoisotopic (exact) mass is 435 g/mol. The zero-order chi connectivity index (χ0) is 23.0. The molecule has 6 nitrogen and oxygen atoms in total. The van der Waals surface area contributed by atoms with E-state index >= 15 is 0 Å². The molecule has 0 atom stereocenters. The van der Waals surface area contributed by atoms with Gasteiger partial charge in [-0.05, 0) is 61.9 Å². The van der Waals surface area contributed by atoms with E-state index in [0.717, 1.165) is 24.3 Å². The van der Waals surface area contributed by atoms with E-state index in [4.69, 9.17) is 14.3 Å². The molecule has 0 heterocycles. The molecule has 2 aromatic rings. The van der Waals surface area contributed by atoms with E-state index in [2.05, 4.69) is 5.16 Å². The molecule has 0 aromatic heterocycles. The Bertz CT molecular complexity index is 978. The molecule has 0 saturated heterocycles. The molecule has 0 N–H and O–H groups in total. The number of carbonyl (C=O) groups is 2. The second kappa shape index (κ2) is 10.4. The molecule has 31 heavy (non-hydrogen) atoms. The van der Waals surface area contributed by atoms with Crippen molar-refractivity contribution < 1.29 is 37.1 Å². The maximum absolute atomic E-state index is 12.6. The van der Waals surface area contributed by atoms with E-state index in [9.17, 15) is 22.8 Å². The average molecular weight is 435 g/mol. The topological polar surface area (TPSA) is 74.2 Å². The first-order valence-electron chi connectivity index (χ1n) is 9.12. The van der Waals surface area contributed by atoms with E-state index in [0.29, 0.717) is 11.3 Å². The summed E-state index contributed by atoms with van der Waals surface area (Å²) < 4.78 is 48.0. The van der Waals surface area contributed by atoms with Gasteiger partial charge in [0.2, 0.25) is 0 Å². The summed E-state index contributed by atoms with van der Waals surface area (Å²) in [5.74, 6) is -1.02. The van der Waals surface area contributed by atoms with Gasteiger partial charge in [0, 0.05) is 0 Å². The minimum Gasteiger partial charge on any atom is -0.497 e. The van der Waals surface area contributed by atoms with Crippen LogP contribution in [0.4, 0.5) is 13.2 Å². The van der Waals surface area contributed by atoms with Crippen LogP contribution in [0.15, 0.2) is 59.3 Å². The van der Waals surface area contributed by atoms with E-state index < -0.39 is 23.7 Å². The van der Waals surface area contributed by atoms with Gasteiger partial charge in [0.05, 0.1) is 36.1 Å². The van der Waals surface area contributed by atoms with Crippen LogP contribution in [0.1, 0.15) is 35.3 Å². The summed E-state index contributed by atoms with van der Waals surface area (Å²) in [6.45, 7) is 3.20. The maximum atomic E-state index is 12.6. The average Bonchev–Trinajstić information content (AvgIpc) is 2.75. The summed E-state index contributed by atoms with van der Waals surface area (Å²) in [5.41, 5.74) is -0.272. The number of alkyl halides is 3. The Morgan fingerprint density at radius 3 is 2.16 bits per heavy atom. The minimum absolute atomic E-state index is 0.0484. The molecule has 0 saturated carbocycles. The SMILES string of the molecule is CCOC(=O)C(=C/c1ccc(OC)cc1)/C(C)=N/OC(=O)c1ccc(C(F)(F)F)cc1. The van der Waals surface area contributed by atoms with Crippen molar-refractivity contribution in [2.75, 3.05) is 13.7 Å². The van der Waals surface area contributed by atoms with Gasteiger partial charge in [-0.1, -0.05) is 17.3 Å². The van der Waals surface area contributed by atoms with Crippen molar-refractivity contribution in [1.82, 2.24) is 0 Å². The van der Waals surface area contributed by atoms with E-state index in [-0.39, 0.29) is 23.5 Å². The zero-order valence-electron chi connectivity index (χ0n) is 17.0. The lowest BCUT2D eigenvalue weighted by Crippen LogP contribution is -2.15. The van der Waals surface area contributed by atoms with Gasteiger partial charge in [0.1, 0.15) is 5.75 Å². The molecule has 0 fully saturated rings. The molecule has 0 spiro atoms. The summed E-state index contributed by atoms with van der Waals surface area (Å²) in [4.78, 5) is 29.2. The van der Waals surface area contributed by atoms with Crippen molar-refractivity contribution in [3.63, 3.8) is 0 Å². The van der Waals surface area contributed by atoms with E-state index in [1.54, 1.807) is 31.2 Å². The van der Waals surface area contributed by atoms with Crippen LogP contribution in [0.5, 0.6) is 5.75 Å². The van der Waals surface area contributed by atoms with Gasteiger partial charge in [-0.15, -0.1) is 0 Å². The number of benzene rings is 2. The third-order valence-electron chi connectivity index (χ3n) is 4.03. The summed E-state index contributed by atoms with van der Waals surface area (Å²) in [6, 6.07) is 10.3. The Kier molecular flexibility index (Phi) is 7.95. The second-order valence-corrected chi connectivity index (χ2v) is 6.18. The third-order valence-corrected chi connectivity index (χ3v) is 4.03. The molecule has 164 valence electrons. The highest BCUT2D eigenvalue weighted by molar-refractivity contribution is 6.22. The largest absolute Gasteiger partial charge is 0.497 e. The molecule has 2 rings (SSSR count). The van der Waals surface area contributed by atoms with Crippen LogP contribution in [0, 0.1) is 0 Å². The van der Waals surface area contributed by atoms with Crippen molar-refractivity contribution >= 4 is 23.7 Å². The number of methoxy groups -OCH3 is 1. The molecule has 0 unspecified atom stereocenters. The number of nitrogens with zero attached hydrogens (tertiary/aromatic N) is 1. The van der Waals surface area contributed by atoms with Crippen LogP contribution >= 0.6 is 0 Å². The Balaban J connectivity index is 2.22.